The molecule has 0 aromatic heterocycles. The van der Waals surface area contributed by atoms with E-state index in [0.29, 0.717) is 6.42 Å². The van der Waals surface area contributed by atoms with Crippen molar-refractivity contribution < 1.29 is 14.3 Å². The summed E-state index contributed by atoms with van der Waals surface area (Å²) < 4.78 is 6.52. The maximum absolute atomic E-state index is 12.7. The van der Waals surface area contributed by atoms with Crippen LogP contribution in [0.2, 0.25) is 0 Å². The average Bonchev–Trinajstić information content (AvgIpc) is 3.22. The number of ether oxygens (including phenoxy) is 1. The molecule has 1 aromatic rings. The molecule has 6 nitrogen and oxygen atoms in total. The molecule has 29 heavy (non-hydrogen) atoms. The van der Waals surface area contributed by atoms with Gasteiger partial charge in [-0.1, -0.05) is 18.2 Å². The van der Waals surface area contributed by atoms with Gasteiger partial charge in [0, 0.05) is 57.4 Å². The molecular formula is C23H33N3O3. The first-order valence-corrected chi connectivity index (χ1v) is 11.1. The fourth-order valence-electron chi connectivity index (χ4n) is 5.05. The van der Waals surface area contributed by atoms with E-state index in [-0.39, 0.29) is 29.5 Å². The Kier molecular flexibility index (Phi) is 5.70. The summed E-state index contributed by atoms with van der Waals surface area (Å²) in [5.41, 5.74) is 0.853. The fourth-order valence-corrected chi connectivity index (χ4v) is 5.05. The summed E-state index contributed by atoms with van der Waals surface area (Å²) in [6.45, 7) is 7.20. The molecule has 2 saturated heterocycles. The number of piperidine rings is 1. The molecule has 0 radical (unpaired) electrons. The number of hydrogen-bond acceptors (Lipinski definition) is 3. The third kappa shape index (κ3) is 4.36. The van der Waals surface area contributed by atoms with Crippen LogP contribution in [0.25, 0.3) is 0 Å². The maximum atomic E-state index is 12.7. The fraction of sp³-hybridized carbons (Fsp3) is 0.652. The zero-order chi connectivity index (χ0) is 20.4. The molecule has 0 bridgehead atoms. The molecule has 1 aromatic carbocycles. The quantitative estimate of drug-likeness (QED) is 0.846. The van der Waals surface area contributed by atoms with Gasteiger partial charge in [-0.15, -0.1) is 0 Å². The van der Waals surface area contributed by atoms with E-state index in [1.54, 1.807) is 0 Å². The Balaban J connectivity index is 1.46. The van der Waals surface area contributed by atoms with Crippen LogP contribution in [0.4, 0.5) is 4.79 Å². The zero-order valence-electron chi connectivity index (χ0n) is 17.7. The second kappa shape index (κ2) is 8.25. The van der Waals surface area contributed by atoms with Gasteiger partial charge in [-0.05, 0) is 44.7 Å². The Labute approximate surface area is 173 Å². The third-order valence-corrected chi connectivity index (χ3v) is 6.51. The predicted molar refractivity (Wildman–Crippen MR) is 112 cm³/mol. The largest absolute Gasteiger partial charge is 0.487 e. The molecule has 3 aliphatic heterocycles. The number of benzene rings is 1. The number of nitrogens with one attached hydrogen (secondary N) is 1. The van der Waals surface area contributed by atoms with Crippen molar-refractivity contribution in [2.45, 2.75) is 69.9 Å². The van der Waals surface area contributed by atoms with Gasteiger partial charge in [-0.3, -0.25) is 4.79 Å². The number of carbonyl (C=O) groups is 2. The Morgan fingerprint density at radius 2 is 1.76 bits per heavy atom. The molecule has 4 rings (SSSR count). The summed E-state index contributed by atoms with van der Waals surface area (Å²) in [6.07, 6.45) is 5.19. The number of rotatable bonds is 3. The van der Waals surface area contributed by atoms with Crippen LogP contribution in [0.5, 0.6) is 5.75 Å². The highest BCUT2D eigenvalue weighted by atomic mass is 16.5. The van der Waals surface area contributed by atoms with E-state index in [1.165, 1.54) is 0 Å². The van der Waals surface area contributed by atoms with E-state index in [1.807, 2.05) is 41.8 Å². The highest BCUT2D eigenvalue weighted by Crippen LogP contribution is 2.46. The normalized spacial score (nSPS) is 23.1. The molecule has 3 heterocycles. The third-order valence-electron chi connectivity index (χ3n) is 6.51. The highest BCUT2D eigenvalue weighted by Gasteiger charge is 2.44. The first-order valence-electron chi connectivity index (χ1n) is 11.1. The molecule has 0 unspecified atom stereocenters. The number of carbonyl (C=O) groups excluding carboxylic acids is 2. The monoisotopic (exact) mass is 399 g/mol. The summed E-state index contributed by atoms with van der Waals surface area (Å²) in [4.78, 5) is 29.2. The average molecular weight is 400 g/mol. The summed E-state index contributed by atoms with van der Waals surface area (Å²) in [7, 11) is 0. The van der Waals surface area contributed by atoms with Crippen molar-refractivity contribution in [3.63, 3.8) is 0 Å². The lowest BCUT2D eigenvalue weighted by molar-refractivity contribution is -0.122. The van der Waals surface area contributed by atoms with Gasteiger partial charge in [0.05, 0.1) is 0 Å². The first kappa shape index (κ1) is 20.0. The van der Waals surface area contributed by atoms with Gasteiger partial charge in [-0.25, -0.2) is 4.79 Å². The minimum atomic E-state index is -0.279. The molecule has 158 valence electrons. The number of hydrogen-bond donors (Lipinski definition) is 1. The summed E-state index contributed by atoms with van der Waals surface area (Å²) >= 11 is 0. The number of urea groups is 1. The number of fused-ring (bicyclic) bond motifs is 1. The lowest BCUT2D eigenvalue weighted by atomic mass is 9.76. The second-order valence-corrected chi connectivity index (χ2v) is 9.11. The summed E-state index contributed by atoms with van der Waals surface area (Å²) in [5.74, 6) is 1.15. The number of nitrogens with zero attached hydrogens (tertiary/aromatic N) is 2. The number of para-hydroxylation sites is 1. The lowest BCUT2D eigenvalue weighted by Gasteiger charge is -2.47. The first-order chi connectivity index (χ1) is 14.0. The van der Waals surface area contributed by atoms with Crippen molar-refractivity contribution in [3.05, 3.63) is 29.8 Å². The van der Waals surface area contributed by atoms with Gasteiger partial charge < -0.3 is 19.9 Å². The molecule has 1 spiro atoms. The van der Waals surface area contributed by atoms with Crippen molar-refractivity contribution in [1.82, 2.24) is 15.1 Å². The standard InChI is InChI=1S/C23H33N3O3/c1-17(2)24-21(27)15-18-16-23(29-20-8-4-3-7-19(18)20)9-13-26(14-10-23)22(28)25-11-5-6-12-25/h3-4,7-8,17-18H,5-6,9-16H2,1-2H3,(H,24,27)/t18-/m1/s1. The smallest absolute Gasteiger partial charge is 0.320 e. The molecule has 2 fully saturated rings. The van der Waals surface area contributed by atoms with E-state index in [0.717, 1.165) is 69.6 Å². The van der Waals surface area contributed by atoms with E-state index in [4.69, 9.17) is 4.74 Å². The molecule has 0 aliphatic carbocycles. The van der Waals surface area contributed by atoms with Crippen LogP contribution in [-0.2, 0) is 4.79 Å². The van der Waals surface area contributed by atoms with Crippen LogP contribution < -0.4 is 10.1 Å². The molecule has 6 heteroatoms. The van der Waals surface area contributed by atoms with Crippen LogP contribution >= 0.6 is 0 Å². The minimum Gasteiger partial charge on any atom is -0.487 e. The predicted octanol–water partition coefficient (Wildman–Crippen LogP) is 3.52. The topological polar surface area (TPSA) is 61.9 Å². The Bertz CT molecular complexity index is 749. The van der Waals surface area contributed by atoms with Gasteiger partial charge in [0.1, 0.15) is 11.4 Å². The van der Waals surface area contributed by atoms with Crippen LogP contribution in [0.1, 0.15) is 63.9 Å². The molecule has 3 aliphatic rings. The summed E-state index contributed by atoms with van der Waals surface area (Å²) in [5, 5.41) is 3.03. The number of amides is 3. The maximum Gasteiger partial charge on any atom is 0.320 e. The van der Waals surface area contributed by atoms with E-state index >= 15 is 0 Å². The summed E-state index contributed by atoms with van der Waals surface area (Å²) in [6, 6.07) is 8.44. The number of likely N-dealkylation sites (tertiary alicyclic amines) is 2. The Morgan fingerprint density at radius 1 is 1.10 bits per heavy atom. The van der Waals surface area contributed by atoms with E-state index < -0.39 is 0 Å². The van der Waals surface area contributed by atoms with Gasteiger partial charge in [0.15, 0.2) is 0 Å². The molecule has 1 atom stereocenters. The highest BCUT2D eigenvalue weighted by molar-refractivity contribution is 5.77. The molecule has 1 N–H and O–H groups in total. The lowest BCUT2D eigenvalue weighted by Crippen LogP contribution is -2.54. The second-order valence-electron chi connectivity index (χ2n) is 9.11. The van der Waals surface area contributed by atoms with Crippen molar-refractivity contribution in [1.29, 1.82) is 0 Å². The SMILES string of the molecule is CC(C)NC(=O)C[C@@H]1CC2(CCN(C(=O)N3CCCC3)CC2)Oc2ccccc21. The van der Waals surface area contributed by atoms with Crippen molar-refractivity contribution in [3.8, 4) is 5.75 Å². The van der Waals surface area contributed by atoms with E-state index in [2.05, 4.69) is 11.4 Å². The molecular weight excluding hydrogens is 366 g/mol. The van der Waals surface area contributed by atoms with E-state index in [9.17, 15) is 9.59 Å². The van der Waals surface area contributed by atoms with Crippen LogP contribution in [0.15, 0.2) is 24.3 Å². The Morgan fingerprint density at radius 3 is 2.45 bits per heavy atom. The van der Waals surface area contributed by atoms with Crippen molar-refractivity contribution in [2.75, 3.05) is 26.2 Å². The van der Waals surface area contributed by atoms with Gasteiger partial charge in [-0.2, -0.15) is 0 Å². The van der Waals surface area contributed by atoms with Crippen molar-refractivity contribution in [2.24, 2.45) is 0 Å². The van der Waals surface area contributed by atoms with Crippen LogP contribution in [0.3, 0.4) is 0 Å². The van der Waals surface area contributed by atoms with Crippen molar-refractivity contribution >= 4 is 11.9 Å². The van der Waals surface area contributed by atoms with Crippen LogP contribution in [0, 0.1) is 0 Å². The van der Waals surface area contributed by atoms with Gasteiger partial charge >= 0.3 is 6.03 Å². The zero-order valence-corrected chi connectivity index (χ0v) is 17.7. The van der Waals surface area contributed by atoms with Gasteiger partial charge in [0.25, 0.3) is 0 Å². The molecule has 3 amide bonds. The van der Waals surface area contributed by atoms with Crippen LogP contribution in [-0.4, -0.2) is 59.6 Å². The Hall–Kier alpha value is -2.24. The minimum absolute atomic E-state index is 0.0958. The van der Waals surface area contributed by atoms with Gasteiger partial charge in [0.2, 0.25) is 5.91 Å². The molecule has 0 saturated carbocycles.